The lowest BCUT2D eigenvalue weighted by Gasteiger charge is -2.39. The van der Waals surface area contributed by atoms with Crippen molar-refractivity contribution in [1.29, 1.82) is 0 Å². The normalized spacial score (nSPS) is 12.8. The second-order valence-electron chi connectivity index (χ2n) is 5.43. The van der Waals surface area contributed by atoms with Gasteiger partial charge in [-0.2, -0.15) is 0 Å². The number of phenolic OH excluding ortho intramolecular Hbond substituents is 1. The summed E-state index contributed by atoms with van der Waals surface area (Å²) in [5.41, 5.74) is -0.529. The number of aliphatic hydroxyl groups excluding tert-OH is 1. The molecule has 3 N–H and O–H groups in total. The molecule has 0 aliphatic rings. The number of aliphatic carboxylic acids is 1. The van der Waals surface area contributed by atoms with Crippen LogP contribution in [0.4, 0.5) is 0 Å². The third-order valence-electron chi connectivity index (χ3n) is 2.83. The zero-order chi connectivity index (χ0) is 15.5. The Bertz CT molecular complexity index is 489. The first-order chi connectivity index (χ1) is 9.18. The van der Waals surface area contributed by atoms with Gasteiger partial charge in [0.05, 0.1) is 6.61 Å². The monoisotopic (exact) mass is 281 g/mol. The van der Waals surface area contributed by atoms with E-state index in [1.165, 1.54) is 24.3 Å². The molecule has 0 bridgehead atoms. The number of hydrogen-bond acceptors (Lipinski definition) is 4. The molecule has 6 nitrogen and oxygen atoms in total. The van der Waals surface area contributed by atoms with E-state index in [0.29, 0.717) is 0 Å². The fourth-order valence-electron chi connectivity index (χ4n) is 1.93. The third kappa shape index (κ3) is 3.48. The maximum Gasteiger partial charge on any atom is 0.328 e. The predicted molar refractivity (Wildman–Crippen MR) is 72.5 cm³/mol. The third-order valence-corrected chi connectivity index (χ3v) is 2.83. The second kappa shape index (κ2) is 5.92. The van der Waals surface area contributed by atoms with Crippen molar-refractivity contribution >= 4 is 11.9 Å². The number of carboxylic acid groups (broad SMARTS) is 1. The average Bonchev–Trinajstić information content (AvgIpc) is 2.33. The molecule has 1 atom stereocenters. The minimum absolute atomic E-state index is 0.0146. The number of nitrogens with zero attached hydrogens (tertiary/aromatic N) is 1. The largest absolute Gasteiger partial charge is 0.508 e. The van der Waals surface area contributed by atoms with E-state index < -0.39 is 30.1 Å². The zero-order valence-electron chi connectivity index (χ0n) is 11.7. The van der Waals surface area contributed by atoms with Crippen molar-refractivity contribution in [3.63, 3.8) is 0 Å². The number of benzene rings is 1. The van der Waals surface area contributed by atoms with Crippen molar-refractivity contribution in [3.8, 4) is 5.75 Å². The molecule has 0 saturated carbocycles. The smallest absolute Gasteiger partial charge is 0.328 e. The Morgan fingerprint density at radius 3 is 2.05 bits per heavy atom. The Hall–Kier alpha value is -2.08. The molecule has 0 aromatic heterocycles. The molecule has 0 saturated heterocycles. The average molecular weight is 281 g/mol. The van der Waals surface area contributed by atoms with E-state index in [1.54, 1.807) is 20.8 Å². The van der Waals surface area contributed by atoms with Gasteiger partial charge < -0.3 is 20.2 Å². The van der Waals surface area contributed by atoms with Gasteiger partial charge in [0.1, 0.15) is 5.75 Å². The predicted octanol–water partition coefficient (Wildman–Crippen LogP) is 1.08. The van der Waals surface area contributed by atoms with Crippen LogP contribution in [0.15, 0.2) is 24.3 Å². The Morgan fingerprint density at radius 2 is 1.70 bits per heavy atom. The lowest BCUT2D eigenvalue weighted by Crippen LogP contribution is -2.56. The van der Waals surface area contributed by atoms with Crippen molar-refractivity contribution in [2.24, 2.45) is 0 Å². The number of carbonyl (C=O) groups is 2. The van der Waals surface area contributed by atoms with Crippen LogP contribution in [0, 0.1) is 0 Å². The van der Waals surface area contributed by atoms with Crippen molar-refractivity contribution in [1.82, 2.24) is 4.90 Å². The molecule has 110 valence electrons. The van der Waals surface area contributed by atoms with Gasteiger partial charge in [0.25, 0.3) is 5.91 Å². The summed E-state index contributed by atoms with van der Waals surface area (Å²) < 4.78 is 0. The number of hydrogen-bond donors (Lipinski definition) is 3. The van der Waals surface area contributed by atoms with E-state index in [2.05, 4.69) is 0 Å². The molecule has 0 fully saturated rings. The molecule has 20 heavy (non-hydrogen) atoms. The van der Waals surface area contributed by atoms with E-state index in [1.807, 2.05) is 0 Å². The Kier molecular flexibility index (Phi) is 4.73. The van der Waals surface area contributed by atoms with Crippen molar-refractivity contribution in [2.45, 2.75) is 32.4 Å². The van der Waals surface area contributed by atoms with Crippen LogP contribution < -0.4 is 0 Å². The van der Waals surface area contributed by atoms with Gasteiger partial charge in [0.2, 0.25) is 0 Å². The molecule has 1 rings (SSSR count). The Labute approximate surface area is 117 Å². The minimum Gasteiger partial charge on any atom is -0.508 e. The van der Waals surface area contributed by atoms with Crippen LogP contribution in [0.5, 0.6) is 5.75 Å². The molecular weight excluding hydrogens is 262 g/mol. The molecule has 0 unspecified atom stereocenters. The molecule has 0 heterocycles. The van der Waals surface area contributed by atoms with Gasteiger partial charge in [-0.05, 0) is 45.0 Å². The van der Waals surface area contributed by atoms with Crippen LogP contribution in [0.3, 0.4) is 0 Å². The summed E-state index contributed by atoms with van der Waals surface area (Å²) in [7, 11) is 0. The number of carboxylic acids is 1. The highest BCUT2D eigenvalue weighted by Crippen LogP contribution is 2.22. The number of aliphatic hydroxyl groups is 1. The second-order valence-corrected chi connectivity index (χ2v) is 5.43. The molecule has 1 aromatic rings. The summed E-state index contributed by atoms with van der Waals surface area (Å²) in [4.78, 5) is 24.8. The SMILES string of the molecule is CC(C)(C)N(C(=O)c1ccc(O)cc1)[C@@H](CO)C(=O)O. The van der Waals surface area contributed by atoms with E-state index >= 15 is 0 Å². The highest BCUT2D eigenvalue weighted by Gasteiger charge is 2.37. The molecule has 0 radical (unpaired) electrons. The van der Waals surface area contributed by atoms with E-state index in [9.17, 15) is 19.8 Å². The fraction of sp³-hybridized carbons (Fsp3) is 0.429. The number of phenols is 1. The topological polar surface area (TPSA) is 98.1 Å². The van der Waals surface area contributed by atoms with E-state index in [4.69, 9.17) is 5.11 Å². The van der Waals surface area contributed by atoms with E-state index in [-0.39, 0.29) is 11.3 Å². The van der Waals surface area contributed by atoms with Gasteiger partial charge in [-0.15, -0.1) is 0 Å². The summed E-state index contributed by atoms with van der Waals surface area (Å²) in [6, 6.07) is 4.20. The molecule has 1 amide bonds. The van der Waals surface area contributed by atoms with Gasteiger partial charge in [-0.25, -0.2) is 4.79 Å². The quantitative estimate of drug-likeness (QED) is 0.767. The summed E-state index contributed by atoms with van der Waals surface area (Å²) in [5, 5.41) is 27.6. The first-order valence-electron chi connectivity index (χ1n) is 6.15. The zero-order valence-corrected chi connectivity index (χ0v) is 11.7. The summed E-state index contributed by atoms with van der Waals surface area (Å²) in [6.45, 7) is 4.40. The number of amides is 1. The molecule has 0 aliphatic carbocycles. The van der Waals surface area contributed by atoms with Crippen LogP contribution in [0.25, 0.3) is 0 Å². The van der Waals surface area contributed by atoms with Crippen molar-refractivity contribution in [2.75, 3.05) is 6.61 Å². The summed E-state index contributed by atoms with van der Waals surface area (Å²) in [5.74, 6) is -1.77. The molecular formula is C14H19NO5. The van der Waals surface area contributed by atoms with Gasteiger partial charge in [0.15, 0.2) is 6.04 Å². The van der Waals surface area contributed by atoms with Gasteiger partial charge in [-0.3, -0.25) is 4.79 Å². The molecule has 0 aliphatic heterocycles. The number of aromatic hydroxyl groups is 1. The first kappa shape index (κ1) is 16.0. The highest BCUT2D eigenvalue weighted by molar-refractivity contribution is 5.97. The van der Waals surface area contributed by atoms with Crippen LogP contribution in [0.1, 0.15) is 31.1 Å². The van der Waals surface area contributed by atoms with Gasteiger partial charge >= 0.3 is 5.97 Å². The van der Waals surface area contributed by atoms with Crippen LogP contribution in [-0.2, 0) is 4.79 Å². The Balaban J connectivity index is 3.21. The van der Waals surface area contributed by atoms with Crippen molar-refractivity contribution in [3.05, 3.63) is 29.8 Å². The van der Waals surface area contributed by atoms with Crippen LogP contribution in [-0.4, -0.2) is 50.3 Å². The number of rotatable bonds is 4. The summed E-state index contributed by atoms with van der Waals surface area (Å²) >= 11 is 0. The lowest BCUT2D eigenvalue weighted by molar-refractivity contribution is -0.145. The maximum absolute atomic E-state index is 12.5. The fourth-order valence-corrected chi connectivity index (χ4v) is 1.93. The molecule has 1 aromatic carbocycles. The van der Waals surface area contributed by atoms with Crippen molar-refractivity contribution < 1.29 is 24.9 Å². The lowest BCUT2D eigenvalue weighted by atomic mass is 10.0. The van der Waals surface area contributed by atoms with Gasteiger partial charge in [0, 0.05) is 11.1 Å². The number of carbonyl (C=O) groups excluding carboxylic acids is 1. The van der Waals surface area contributed by atoms with Crippen LogP contribution in [0.2, 0.25) is 0 Å². The first-order valence-corrected chi connectivity index (χ1v) is 6.15. The standard InChI is InChI=1S/C14H19NO5/c1-14(2,3)15(11(8-16)13(19)20)12(18)9-4-6-10(17)7-5-9/h4-7,11,16-17H,8H2,1-3H3,(H,19,20)/t11-/m0/s1. The molecule has 6 heteroatoms. The highest BCUT2D eigenvalue weighted by atomic mass is 16.4. The minimum atomic E-state index is -1.32. The van der Waals surface area contributed by atoms with Crippen LogP contribution >= 0.6 is 0 Å². The Morgan fingerprint density at radius 1 is 1.20 bits per heavy atom. The van der Waals surface area contributed by atoms with Gasteiger partial charge in [-0.1, -0.05) is 0 Å². The summed E-state index contributed by atoms with van der Waals surface area (Å²) in [6.07, 6.45) is 0. The molecule has 0 spiro atoms. The maximum atomic E-state index is 12.5. The van der Waals surface area contributed by atoms with E-state index in [0.717, 1.165) is 4.90 Å².